The van der Waals surface area contributed by atoms with E-state index in [-0.39, 0.29) is 0 Å². The van der Waals surface area contributed by atoms with Gasteiger partial charge in [0.2, 0.25) is 0 Å². The Bertz CT molecular complexity index is 725. The highest BCUT2D eigenvalue weighted by atomic mass is 32.1. The molecule has 0 aliphatic rings. The van der Waals surface area contributed by atoms with Gasteiger partial charge >= 0.3 is 0 Å². The van der Waals surface area contributed by atoms with Crippen LogP contribution in [0.1, 0.15) is 0 Å². The Morgan fingerprint density at radius 3 is 2.89 bits per heavy atom. The zero-order valence-electron chi connectivity index (χ0n) is 9.45. The lowest BCUT2D eigenvalue weighted by atomic mass is 10.2. The number of hydrogen-bond donors (Lipinski definition) is 2. The van der Waals surface area contributed by atoms with Crippen molar-refractivity contribution in [1.82, 2.24) is 35.2 Å². The minimum atomic E-state index is 0.491. The predicted molar refractivity (Wildman–Crippen MR) is 67.0 cm³/mol. The van der Waals surface area contributed by atoms with Gasteiger partial charge in [-0.1, -0.05) is 12.2 Å². The molecule has 3 heterocycles. The summed E-state index contributed by atoms with van der Waals surface area (Å²) in [7, 11) is 1.86. The van der Waals surface area contributed by atoms with Crippen molar-refractivity contribution < 1.29 is 0 Å². The zero-order chi connectivity index (χ0) is 12.5. The third-order valence-corrected chi connectivity index (χ3v) is 2.63. The summed E-state index contributed by atoms with van der Waals surface area (Å²) in [5.41, 5.74) is 2.41. The van der Waals surface area contributed by atoms with E-state index in [0.717, 1.165) is 11.3 Å². The molecule has 0 saturated carbocycles. The standard InChI is InChI=1S/C10H9N7S/c1-17-5-6(3-12-17)7-2-9(18)14-10(13-7)8-4-11-16-15-8/h2-5H,1H3,(H,11,15,16)(H,13,14,18). The molecule has 0 saturated heterocycles. The Morgan fingerprint density at radius 1 is 1.33 bits per heavy atom. The van der Waals surface area contributed by atoms with Crippen LogP contribution >= 0.6 is 12.2 Å². The number of H-pyrrole nitrogens is 2. The van der Waals surface area contributed by atoms with E-state index in [1.165, 1.54) is 0 Å². The van der Waals surface area contributed by atoms with Crippen LogP contribution in [0.2, 0.25) is 0 Å². The molecular weight excluding hydrogens is 250 g/mol. The molecule has 7 nitrogen and oxygen atoms in total. The highest BCUT2D eigenvalue weighted by Gasteiger charge is 2.07. The summed E-state index contributed by atoms with van der Waals surface area (Å²) >= 11 is 5.15. The van der Waals surface area contributed by atoms with Crippen LogP contribution in [0.3, 0.4) is 0 Å². The third-order valence-electron chi connectivity index (χ3n) is 2.42. The van der Waals surface area contributed by atoms with E-state index in [1.54, 1.807) is 23.1 Å². The molecule has 0 aromatic carbocycles. The maximum Gasteiger partial charge on any atom is 0.161 e. The molecule has 0 unspecified atom stereocenters. The summed E-state index contributed by atoms with van der Waals surface area (Å²) in [4.78, 5) is 7.38. The number of nitrogens with one attached hydrogen (secondary N) is 2. The second-order valence-electron chi connectivity index (χ2n) is 3.74. The summed E-state index contributed by atoms with van der Waals surface area (Å²) in [6.07, 6.45) is 5.24. The molecule has 3 rings (SSSR count). The first kappa shape index (κ1) is 10.8. The molecule has 0 bridgehead atoms. The van der Waals surface area contributed by atoms with Crippen molar-refractivity contribution >= 4 is 12.2 Å². The van der Waals surface area contributed by atoms with Crippen molar-refractivity contribution in [2.45, 2.75) is 0 Å². The number of aromatic nitrogens is 7. The van der Waals surface area contributed by atoms with Crippen LogP contribution in [-0.4, -0.2) is 35.2 Å². The van der Waals surface area contributed by atoms with Crippen molar-refractivity contribution in [3.8, 4) is 22.8 Å². The van der Waals surface area contributed by atoms with E-state index in [9.17, 15) is 0 Å². The third kappa shape index (κ3) is 1.93. The fourth-order valence-electron chi connectivity index (χ4n) is 1.61. The summed E-state index contributed by atoms with van der Waals surface area (Å²) in [6, 6.07) is 1.79. The molecule has 3 aromatic rings. The normalized spacial score (nSPS) is 10.7. The van der Waals surface area contributed by atoms with Crippen LogP contribution in [0.5, 0.6) is 0 Å². The van der Waals surface area contributed by atoms with Gasteiger partial charge in [0.15, 0.2) is 5.82 Å². The molecular formula is C10H9N7S. The molecule has 8 heteroatoms. The molecule has 0 spiro atoms. The molecule has 0 aliphatic heterocycles. The van der Waals surface area contributed by atoms with E-state index in [2.05, 4.69) is 30.5 Å². The molecule has 2 N–H and O–H groups in total. The quantitative estimate of drug-likeness (QED) is 0.678. The number of nitrogens with zero attached hydrogens (tertiary/aromatic N) is 5. The van der Waals surface area contributed by atoms with Gasteiger partial charge in [0.25, 0.3) is 0 Å². The van der Waals surface area contributed by atoms with Crippen molar-refractivity contribution in [3.05, 3.63) is 29.3 Å². The fourth-order valence-corrected chi connectivity index (χ4v) is 1.82. The fraction of sp³-hybridized carbons (Fsp3) is 0.100. The smallest absolute Gasteiger partial charge is 0.161 e. The molecule has 3 aromatic heterocycles. The predicted octanol–water partition coefficient (Wildman–Crippen LogP) is 1.32. The van der Waals surface area contributed by atoms with Crippen LogP contribution in [0, 0.1) is 4.64 Å². The first-order valence-electron chi connectivity index (χ1n) is 5.19. The van der Waals surface area contributed by atoms with Crippen molar-refractivity contribution in [2.24, 2.45) is 7.05 Å². The second kappa shape index (κ2) is 4.15. The highest BCUT2D eigenvalue weighted by Crippen LogP contribution is 2.18. The van der Waals surface area contributed by atoms with Crippen LogP contribution in [0.4, 0.5) is 0 Å². The lowest BCUT2D eigenvalue weighted by molar-refractivity contribution is 0.768. The highest BCUT2D eigenvalue weighted by molar-refractivity contribution is 7.71. The summed E-state index contributed by atoms with van der Waals surface area (Å²) in [6.45, 7) is 0. The van der Waals surface area contributed by atoms with Gasteiger partial charge < -0.3 is 4.98 Å². The van der Waals surface area contributed by atoms with Crippen LogP contribution in [0.15, 0.2) is 24.7 Å². The number of rotatable bonds is 2. The minimum Gasteiger partial charge on any atom is -0.338 e. The van der Waals surface area contributed by atoms with E-state index in [0.29, 0.717) is 16.2 Å². The molecule has 0 fully saturated rings. The maximum atomic E-state index is 5.15. The molecule has 18 heavy (non-hydrogen) atoms. The van der Waals surface area contributed by atoms with Gasteiger partial charge in [-0.3, -0.25) is 4.68 Å². The Labute approximate surface area is 107 Å². The van der Waals surface area contributed by atoms with E-state index in [1.807, 2.05) is 13.2 Å². The van der Waals surface area contributed by atoms with Crippen LogP contribution in [0.25, 0.3) is 22.8 Å². The minimum absolute atomic E-state index is 0.491. The van der Waals surface area contributed by atoms with Gasteiger partial charge in [0.05, 0.1) is 18.1 Å². The molecule has 90 valence electrons. The van der Waals surface area contributed by atoms with E-state index < -0.39 is 0 Å². The largest absolute Gasteiger partial charge is 0.338 e. The van der Waals surface area contributed by atoms with Gasteiger partial charge in [-0.2, -0.15) is 20.5 Å². The molecule has 0 aliphatic carbocycles. The van der Waals surface area contributed by atoms with E-state index in [4.69, 9.17) is 12.2 Å². The Kier molecular flexibility index (Phi) is 2.49. The summed E-state index contributed by atoms with van der Waals surface area (Å²) in [5, 5.41) is 14.4. The van der Waals surface area contributed by atoms with Gasteiger partial charge in [0.1, 0.15) is 10.3 Å². The average molecular weight is 259 g/mol. The number of hydrogen-bond acceptors (Lipinski definition) is 5. The van der Waals surface area contributed by atoms with Crippen molar-refractivity contribution in [2.75, 3.05) is 0 Å². The van der Waals surface area contributed by atoms with Gasteiger partial charge in [-0.15, -0.1) is 0 Å². The topological polar surface area (TPSA) is 88.1 Å². The molecule has 0 amide bonds. The Morgan fingerprint density at radius 2 is 2.22 bits per heavy atom. The Balaban J connectivity index is 2.15. The zero-order valence-corrected chi connectivity index (χ0v) is 10.3. The van der Waals surface area contributed by atoms with Crippen molar-refractivity contribution in [3.63, 3.8) is 0 Å². The van der Waals surface area contributed by atoms with Crippen LogP contribution in [-0.2, 0) is 7.05 Å². The van der Waals surface area contributed by atoms with Crippen LogP contribution < -0.4 is 0 Å². The first-order chi connectivity index (χ1) is 8.72. The van der Waals surface area contributed by atoms with Gasteiger partial charge in [-0.25, -0.2) is 4.98 Å². The summed E-state index contributed by atoms with van der Waals surface area (Å²) in [5.74, 6) is 0.579. The lowest BCUT2D eigenvalue weighted by Gasteiger charge is -2.01. The van der Waals surface area contributed by atoms with Gasteiger partial charge in [0, 0.05) is 18.8 Å². The number of aryl methyl sites for hydroxylation is 1. The first-order valence-corrected chi connectivity index (χ1v) is 5.60. The monoisotopic (exact) mass is 259 g/mol. The van der Waals surface area contributed by atoms with Crippen molar-refractivity contribution in [1.29, 1.82) is 0 Å². The SMILES string of the molecule is Cn1cc(-c2cc(=S)nc(-c3cn[nH]n3)[nH]2)cn1. The second-order valence-corrected chi connectivity index (χ2v) is 4.16. The molecule has 0 radical (unpaired) electrons. The number of aromatic amines is 2. The lowest BCUT2D eigenvalue weighted by Crippen LogP contribution is -1.92. The molecule has 0 atom stereocenters. The van der Waals surface area contributed by atoms with Gasteiger partial charge in [-0.05, 0) is 6.07 Å². The summed E-state index contributed by atoms with van der Waals surface area (Å²) < 4.78 is 2.22. The maximum absolute atomic E-state index is 5.15. The Hall–Kier alpha value is -2.35. The average Bonchev–Trinajstić information content (AvgIpc) is 2.98. The van der Waals surface area contributed by atoms with E-state index >= 15 is 0 Å².